The number of aryl methyl sites for hydroxylation is 1. The molecule has 31 heavy (non-hydrogen) atoms. The molecule has 4 rings (SSSR count). The number of halogens is 3. The Kier molecular flexibility index (Phi) is 5.06. The van der Waals surface area contributed by atoms with Crippen LogP contribution in [0.25, 0.3) is 5.65 Å². The van der Waals surface area contributed by atoms with E-state index in [1.165, 1.54) is 6.92 Å². The van der Waals surface area contributed by atoms with Gasteiger partial charge in [0.2, 0.25) is 0 Å². The first-order valence-electron chi connectivity index (χ1n) is 10.2. The Balaban J connectivity index is 1.59. The monoisotopic (exact) mass is 434 g/mol. The lowest BCUT2D eigenvalue weighted by Crippen LogP contribution is -2.39. The van der Waals surface area contributed by atoms with E-state index >= 15 is 0 Å². The van der Waals surface area contributed by atoms with E-state index in [0.29, 0.717) is 24.5 Å². The molecule has 1 aliphatic rings. The Labute approximate surface area is 177 Å². The smallest absolute Gasteiger partial charge is 0.337 e. The molecule has 0 saturated carbocycles. The lowest BCUT2D eigenvalue weighted by Gasteiger charge is -2.31. The van der Waals surface area contributed by atoms with Crippen LogP contribution < -0.4 is 0 Å². The van der Waals surface area contributed by atoms with Gasteiger partial charge in [0.25, 0.3) is 5.91 Å². The number of aromatic nitrogens is 5. The third-order valence-corrected chi connectivity index (χ3v) is 5.60. The summed E-state index contributed by atoms with van der Waals surface area (Å²) in [6.07, 6.45) is -3.06. The Morgan fingerprint density at radius 2 is 1.94 bits per heavy atom. The van der Waals surface area contributed by atoms with E-state index in [1.807, 2.05) is 20.8 Å². The number of carbonyl (C=O) groups is 1. The molecule has 0 bridgehead atoms. The van der Waals surface area contributed by atoms with E-state index in [9.17, 15) is 18.0 Å². The summed E-state index contributed by atoms with van der Waals surface area (Å²) in [4.78, 5) is 18.9. The van der Waals surface area contributed by atoms with Crippen molar-refractivity contribution in [1.82, 2.24) is 29.7 Å². The fourth-order valence-corrected chi connectivity index (χ4v) is 3.90. The van der Waals surface area contributed by atoms with Gasteiger partial charge in [0.15, 0.2) is 5.65 Å². The third-order valence-electron chi connectivity index (χ3n) is 5.60. The summed E-state index contributed by atoms with van der Waals surface area (Å²) >= 11 is 0. The zero-order valence-electron chi connectivity index (χ0n) is 17.9. The van der Waals surface area contributed by atoms with Crippen molar-refractivity contribution in [3.05, 3.63) is 46.7 Å². The van der Waals surface area contributed by atoms with Crippen molar-refractivity contribution in [3.8, 4) is 0 Å². The second-order valence-corrected chi connectivity index (χ2v) is 9.13. The molecule has 4 heterocycles. The van der Waals surface area contributed by atoms with Crippen LogP contribution in [0.15, 0.2) is 18.2 Å². The van der Waals surface area contributed by atoms with Gasteiger partial charge in [0.1, 0.15) is 11.4 Å². The summed E-state index contributed by atoms with van der Waals surface area (Å²) in [5.74, 6) is -0.355. The predicted octanol–water partition coefficient (Wildman–Crippen LogP) is 4.10. The van der Waals surface area contributed by atoms with Crippen LogP contribution in [0.5, 0.6) is 0 Å². The van der Waals surface area contributed by atoms with Crippen LogP contribution >= 0.6 is 0 Å². The van der Waals surface area contributed by atoms with Gasteiger partial charge in [-0.15, -0.1) is 0 Å². The number of aromatic amines is 1. The fourth-order valence-electron chi connectivity index (χ4n) is 3.90. The van der Waals surface area contributed by atoms with Crippen LogP contribution in [-0.4, -0.2) is 48.7 Å². The summed E-state index contributed by atoms with van der Waals surface area (Å²) in [5.41, 5.74) is 1.15. The van der Waals surface area contributed by atoms with Crippen molar-refractivity contribution >= 4 is 11.6 Å². The minimum Gasteiger partial charge on any atom is -0.337 e. The molecule has 0 aliphatic carbocycles. The maximum atomic E-state index is 13.4. The first kappa shape index (κ1) is 21.3. The molecule has 0 unspecified atom stereocenters. The second kappa shape index (κ2) is 7.35. The molecule has 10 heteroatoms. The Morgan fingerprint density at radius 1 is 1.19 bits per heavy atom. The van der Waals surface area contributed by atoms with Gasteiger partial charge in [-0.25, -0.2) is 9.50 Å². The minimum atomic E-state index is -4.53. The van der Waals surface area contributed by atoms with Gasteiger partial charge in [-0.2, -0.15) is 23.4 Å². The van der Waals surface area contributed by atoms with Crippen molar-refractivity contribution in [2.75, 3.05) is 13.1 Å². The van der Waals surface area contributed by atoms with Gasteiger partial charge < -0.3 is 4.90 Å². The average Bonchev–Trinajstić information content (AvgIpc) is 3.33. The number of piperidine rings is 1. The van der Waals surface area contributed by atoms with Crippen LogP contribution in [0.2, 0.25) is 0 Å². The molecule has 0 radical (unpaired) electrons. The highest BCUT2D eigenvalue weighted by Gasteiger charge is 2.36. The molecule has 1 aliphatic heterocycles. The first-order valence-corrected chi connectivity index (χ1v) is 10.2. The fraction of sp³-hybridized carbons (Fsp3) is 0.524. The van der Waals surface area contributed by atoms with Gasteiger partial charge in [-0.05, 0) is 31.9 Å². The minimum absolute atomic E-state index is 0.159. The Morgan fingerprint density at radius 3 is 2.58 bits per heavy atom. The van der Waals surface area contributed by atoms with Crippen LogP contribution in [0, 0.1) is 6.92 Å². The van der Waals surface area contributed by atoms with E-state index in [-0.39, 0.29) is 28.6 Å². The molecule has 166 valence electrons. The maximum absolute atomic E-state index is 13.4. The first-order chi connectivity index (χ1) is 14.4. The van der Waals surface area contributed by atoms with Gasteiger partial charge in [-0.1, -0.05) is 20.8 Å². The molecule has 1 atom stereocenters. The van der Waals surface area contributed by atoms with Gasteiger partial charge in [0, 0.05) is 41.9 Å². The van der Waals surface area contributed by atoms with Gasteiger partial charge in [0.05, 0.1) is 5.69 Å². The highest BCUT2D eigenvalue weighted by atomic mass is 19.4. The zero-order valence-corrected chi connectivity index (χ0v) is 17.9. The normalized spacial score (nSPS) is 18.0. The third kappa shape index (κ3) is 4.15. The number of nitrogens with zero attached hydrogens (tertiary/aromatic N) is 5. The number of fused-ring (bicyclic) bond motifs is 1. The second-order valence-electron chi connectivity index (χ2n) is 9.13. The van der Waals surface area contributed by atoms with E-state index in [2.05, 4.69) is 20.3 Å². The maximum Gasteiger partial charge on any atom is 0.433 e. The number of carbonyl (C=O) groups excluding carboxylic acids is 1. The molecule has 1 amide bonds. The van der Waals surface area contributed by atoms with Crippen molar-refractivity contribution in [1.29, 1.82) is 0 Å². The van der Waals surface area contributed by atoms with Crippen LogP contribution in [0.4, 0.5) is 13.2 Å². The lowest BCUT2D eigenvalue weighted by molar-refractivity contribution is -0.142. The summed E-state index contributed by atoms with van der Waals surface area (Å²) < 4.78 is 41.2. The topological polar surface area (TPSA) is 79.2 Å². The van der Waals surface area contributed by atoms with Gasteiger partial charge in [-0.3, -0.25) is 9.89 Å². The van der Waals surface area contributed by atoms with E-state index in [4.69, 9.17) is 0 Å². The number of alkyl halides is 3. The summed E-state index contributed by atoms with van der Waals surface area (Å²) in [5, 5.41) is 11.3. The number of hydrogen-bond donors (Lipinski definition) is 1. The lowest BCUT2D eigenvalue weighted by atomic mass is 9.92. The summed E-state index contributed by atoms with van der Waals surface area (Å²) in [7, 11) is 0. The molecule has 1 fully saturated rings. The molecule has 3 aromatic heterocycles. The van der Waals surface area contributed by atoms with Crippen LogP contribution in [-0.2, 0) is 11.6 Å². The van der Waals surface area contributed by atoms with Crippen molar-refractivity contribution in [3.63, 3.8) is 0 Å². The van der Waals surface area contributed by atoms with E-state index in [1.54, 1.807) is 17.0 Å². The molecular formula is C21H25F3N6O. The zero-order chi connectivity index (χ0) is 22.6. The number of nitrogens with one attached hydrogen (secondary N) is 1. The molecule has 7 nitrogen and oxygen atoms in total. The van der Waals surface area contributed by atoms with Crippen molar-refractivity contribution < 1.29 is 18.0 Å². The van der Waals surface area contributed by atoms with E-state index in [0.717, 1.165) is 29.1 Å². The number of H-pyrrole nitrogens is 1. The van der Waals surface area contributed by atoms with Crippen molar-refractivity contribution in [2.45, 2.75) is 58.0 Å². The number of rotatable bonds is 2. The molecule has 0 spiro atoms. The molecular weight excluding hydrogens is 409 g/mol. The standard InChI is InChI=1S/C21H25F3N6O/c1-12-8-17(21(22,23)24)30-18(25-12)10-14(28-30)13-6-5-7-29(11-13)19(31)15-9-16(27-26-15)20(2,3)4/h8-10,13H,5-7,11H2,1-4H3,(H,26,27)/t13-/m1/s1. The largest absolute Gasteiger partial charge is 0.433 e. The highest BCUT2D eigenvalue weighted by Crippen LogP contribution is 2.32. The summed E-state index contributed by atoms with van der Waals surface area (Å²) in [6.45, 7) is 8.56. The quantitative estimate of drug-likeness (QED) is 0.659. The molecule has 3 aromatic rings. The average molecular weight is 434 g/mol. The highest BCUT2D eigenvalue weighted by molar-refractivity contribution is 5.92. The Hall–Kier alpha value is -2.91. The molecule has 1 saturated heterocycles. The number of likely N-dealkylation sites (tertiary alicyclic amines) is 1. The van der Waals surface area contributed by atoms with Crippen LogP contribution in [0.3, 0.4) is 0 Å². The van der Waals surface area contributed by atoms with E-state index < -0.39 is 11.9 Å². The Bertz CT molecular complexity index is 1120. The molecule has 1 N–H and O–H groups in total. The van der Waals surface area contributed by atoms with Crippen LogP contribution in [0.1, 0.15) is 72.8 Å². The molecule has 0 aromatic carbocycles. The van der Waals surface area contributed by atoms with Gasteiger partial charge >= 0.3 is 6.18 Å². The SMILES string of the molecule is Cc1cc(C(F)(F)F)n2nc([C@@H]3CCCN(C(=O)c4cc(C(C)(C)C)[nH]n4)C3)cc2n1. The summed E-state index contributed by atoms with van der Waals surface area (Å²) in [6, 6.07) is 4.34. The number of amides is 1. The predicted molar refractivity (Wildman–Crippen MR) is 108 cm³/mol. The number of hydrogen-bond acceptors (Lipinski definition) is 4. The van der Waals surface area contributed by atoms with Crippen molar-refractivity contribution in [2.24, 2.45) is 0 Å².